The maximum absolute atomic E-state index is 4.08. The molecule has 49 valence electrons. The van der Waals surface area contributed by atoms with Gasteiger partial charge in [-0.05, 0) is 17.6 Å². The SMILES string of the molecule is [c]1cnn(-c2ccsn2)c1. The second-order valence-electron chi connectivity index (χ2n) is 1.74. The molecule has 0 spiro atoms. The van der Waals surface area contributed by atoms with E-state index in [9.17, 15) is 0 Å². The molecule has 0 saturated carbocycles. The van der Waals surface area contributed by atoms with Crippen LogP contribution in [0, 0.1) is 6.07 Å². The first-order valence-corrected chi connectivity index (χ1v) is 3.62. The van der Waals surface area contributed by atoms with Gasteiger partial charge in [0.25, 0.3) is 0 Å². The minimum Gasteiger partial charge on any atom is -0.221 e. The first-order valence-electron chi connectivity index (χ1n) is 2.78. The molecule has 0 amide bonds. The van der Waals surface area contributed by atoms with Gasteiger partial charge in [-0.25, -0.2) is 4.68 Å². The molecule has 2 aromatic heterocycles. The topological polar surface area (TPSA) is 30.7 Å². The van der Waals surface area contributed by atoms with Crippen LogP contribution < -0.4 is 0 Å². The van der Waals surface area contributed by atoms with Gasteiger partial charge < -0.3 is 0 Å². The molecule has 10 heavy (non-hydrogen) atoms. The highest BCUT2D eigenvalue weighted by atomic mass is 32.1. The second kappa shape index (κ2) is 2.22. The first kappa shape index (κ1) is 5.61. The standard InChI is InChI=1S/C6H4N3S/c1-3-7-9(4-1)6-2-5-10-8-6/h2-5H. The highest BCUT2D eigenvalue weighted by Gasteiger charge is 1.94. The van der Waals surface area contributed by atoms with E-state index in [0.29, 0.717) is 0 Å². The third-order valence-corrected chi connectivity index (χ3v) is 1.66. The Morgan fingerprint density at radius 2 is 2.60 bits per heavy atom. The van der Waals surface area contributed by atoms with Crippen LogP contribution in [0.2, 0.25) is 0 Å². The Morgan fingerprint density at radius 3 is 3.20 bits per heavy atom. The Bertz CT molecular complexity index is 252. The molecule has 0 aliphatic rings. The molecule has 2 heterocycles. The van der Waals surface area contributed by atoms with Crippen molar-refractivity contribution in [2.75, 3.05) is 0 Å². The van der Waals surface area contributed by atoms with Gasteiger partial charge in [0.2, 0.25) is 0 Å². The van der Waals surface area contributed by atoms with Gasteiger partial charge in [0.15, 0.2) is 5.82 Å². The third-order valence-electron chi connectivity index (χ3n) is 1.11. The maximum Gasteiger partial charge on any atom is 0.166 e. The van der Waals surface area contributed by atoms with E-state index in [0.717, 1.165) is 5.82 Å². The van der Waals surface area contributed by atoms with Crippen LogP contribution in [0.5, 0.6) is 0 Å². The number of aromatic nitrogens is 3. The summed E-state index contributed by atoms with van der Waals surface area (Å²) >= 11 is 1.41. The van der Waals surface area contributed by atoms with Crippen molar-refractivity contribution in [3.8, 4) is 5.82 Å². The lowest BCUT2D eigenvalue weighted by molar-refractivity contribution is 0.861. The quantitative estimate of drug-likeness (QED) is 0.610. The largest absolute Gasteiger partial charge is 0.221 e. The summed E-state index contributed by atoms with van der Waals surface area (Å²) in [5.41, 5.74) is 0. The molecule has 2 aromatic rings. The average Bonchev–Trinajstić information content (AvgIpc) is 2.59. The predicted octanol–water partition coefficient (Wildman–Crippen LogP) is 1.13. The minimum atomic E-state index is 0.853. The van der Waals surface area contributed by atoms with Crippen LogP contribution in [0.15, 0.2) is 23.8 Å². The molecular formula is C6H4N3S. The van der Waals surface area contributed by atoms with Crippen LogP contribution in [-0.2, 0) is 0 Å². The summed E-state index contributed by atoms with van der Waals surface area (Å²) in [5.74, 6) is 0.853. The number of hydrogen-bond acceptors (Lipinski definition) is 3. The molecule has 0 bridgehead atoms. The highest BCUT2D eigenvalue weighted by molar-refractivity contribution is 7.03. The van der Waals surface area contributed by atoms with Gasteiger partial charge in [0.05, 0.1) is 6.20 Å². The Kier molecular flexibility index (Phi) is 1.25. The lowest BCUT2D eigenvalue weighted by Gasteiger charge is -1.90. The molecule has 0 aliphatic carbocycles. The molecule has 2 rings (SSSR count). The monoisotopic (exact) mass is 150 g/mol. The minimum absolute atomic E-state index is 0.853. The number of nitrogens with zero attached hydrogens (tertiary/aromatic N) is 3. The van der Waals surface area contributed by atoms with Gasteiger partial charge in [-0.15, -0.1) is 0 Å². The fraction of sp³-hybridized carbons (Fsp3) is 0. The van der Waals surface area contributed by atoms with Crippen LogP contribution in [0.1, 0.15) is 0 Å². The molecular weight excluding hydrogens is 146 g/mol. The third kappa shape index (κ3) is 0.823. The maximum atomic E-state index is 4.08. The summed E-state index contributed by atoms with van der Waals surface area (Å²) in [6.45, 7) is 0. The fourth-order valence-corrected chi connectivity index (χ4v) is 1.18. The van der Waals surface area contributed by atoms with Crippen molar-refractivity contribution < 1.29 is 0 Å². The number of hydrogen-bond donors (Lipinski definition) is 0. The molecule has 0 saturated heterocycles. The van der Waals surface area contributed by atoms with Crippen molar-refractivity contribution in [3.05, 3.63) is 29.9 Å². The van der Waals surface area contributed by atoms with Crippen molar-refractivity contribution in [1.82, 2.24) is 14.2 Å². The summed E-state index contributed by atoms with van der Waals surface area (Å²) in [4.78, 5) is 0. The molecule has 0 atom stereocenters. The average molecular weight is 150 g/mol. The second-order valence-corrected chi connectivity index (χ2v) is 2.41. The van der Waals surface area contributed by atoms with Crippen LogP contribution in [0.3, 0.4) is 0 Å². The van der Waals surface area contributed by atoms with Gasteiger partial charge in [-0.1, -0.05) is 0 Å². The van der Waals surface area contributed by atoms with E-state index in [4.69, 9.17) is 0 Å². The van der Waals surface area contributed by atoms with Crippen LogP contribution >= 0.6 is 11.5 Å². The van der Waals surface area contributed by atoms with Crippen molar-refractivity contribution in [2.24, 2.45) is 0 Å². The summed E-state index contributed by atoms with van der Waals surface area (Å²) in [5, 5.41) is 5.88. The van der Waals surface area contributed by atoms with Gasteiger partial charge in [-0.3, -0.25) is 0 Å². The zero-order valence-electron chi connectivity index (χ0n) is 5.06. The van der Waals surface area contributed by atoms with Gasteiger partial charge in [-0.2, -0.15) is 9.47 Å². The van der Waals surface area contributed by atoms with Gasteiger partial charge in [0.1, 0.15) is 0 Å². The molecule has 0 N–H and O–H groups in total. The van der Waals surface area contributed by atoms with E-state index in [-0.39, 0.29) is 0 Å². The van der Waals surface area contributed by atoms with E-state index in [1.54, 1.807) is 17.1 Å². The summed E-state index contributed by atoms with van der Waals surface area (Å²) in [6, 6.07) is 4.74. The molecule has 0 aromatic carbocycles. The molecule has 0 fully saturated rings. The Labute approximate surface area is 62.1 Å². The molecule has 4 heteroatoms. The van der Waals surface area contributed by atoms with E-state index in [1.165, 1.54) is 11.5 Å². The highest BCUT2D eigenvalue weighted by Crippen LogP contribution is 2.03. The molecule has 0 aliphatic heterocycles. The Balaban J connectivity index is 2.48. The molecule has 3 nitrogen and oxygen atoms in total. The Hall–Kier alpha value is -1.16. The zero-order chi connectivity index (χ0) is 6.81. The van der Waals surface area contributed by atoms with E-state index >= 15 is 0 Å². The molecule has 0 unspecified atom stereocenters. The van der Waals surface area contributed by atoms with Crippen molar-refractivity contribution in [1.29, 1.82) is 0 Å². The van der Waals surface area contributed by atoms with Crippen molar-refractivity contribution >= 4 is 11.5 Å². The Morgan fingerprint density at radius 1 is 1.60 bits per heavy atom. The van der Waals surface area contributed by atoms with Crippen molar-refractivity contribution in [3.63, 3.8) is 0 Å². The lowest BCUT2D eigenvalue weighted by atomic mass is 10.6. The van der Waals surface area contributed by atoms with E-state index < -0.39 is 0 Å². The van der Waals surface area contributed by atoms with Gasteiger partial charge in [0, 0.05) is 17.6 Å². The molecule has 1 radical (unpaired) electrons. The normalized spacial score (nSPS) is 10.0. The van der Waals surface area contributed by atoms with Crippen LogP contribution in [-0.4, -0.2) is 14.2 Å². The first-order chi connectivity index (χ1) is 4.97. The van der Waals surface area contributed by atoms with Crippen LogP contribution in [0.25, 0.3) is 5.82 Å². The van der Waals surface area contributed by atoms with E-state index in [1.807, 2.05) is 11.4 Å². The number of rotatable bonds is 1. The fourth-order valence-electron chi connectivity index (χ4n) is 0.682. The van der Waals surface area contributed by atoms with E-state index in [2.05, 4.69) is 15.5 Å². The summed E-state index contributed by atoms with van der Waals surface area (Å²) in [6.07, 6.45) is 3.36. The lowest BCUT2D eigenvalue weighted by Crippen LogP contribution is -1.92. The van der Waals surface area contributed by atoms with Crippen molar-refractivity contribution in [2.45, 2.75) is 0 Å². The zero-order valence-corrected chi connectivity index (χ0v) is 5.88. The summed E-state index contributed by atoms with van der Waals surface area (Å²) < 4.78 is 5.76. The van der Waals surface area contributed by atoms with Gasteiger partial charge >= 0.3 is 0 Å². The smallest absolute Gasteiger partial charge is 0.166 e. The van der Waals surface area contributed by atoms with Crippen LogP contribution in [0.4, 0.5) is 0 Å². The summed E-state index contributed by atoms with van der Waals surface area (Å²) in [7, 11) is 0. The predicted molar refractivity (Wildman–Crippen MR) is 38.1 cm³/mol.